The minimum absolute atomic E-state index is 0.0956. The lowest BCUT2D eigenvalue weighted by Crippen LogP contribution is -2.60. The zero-order valence-electron chi connectivity index (χ0n) is 12.4. The van der Waals surface area contributed by atoms with Gasteiger partial charge in [0, 0.05) is 11.5 Å². The van der Waals surface area contributed by atoms with Crippen LogP contribution in [0.5, 0.6) is 0 Å². The van der Waals surface area contributed by atoms with Crippen molar-refractivity contribution in [1.29, 1.82) is 0 Å². The topological polar surface area (TPSA) is 76.1 Å². The molecule has 120 valence electrons. The molecule has 1 amide bonds. The Kier molecular flexibility index (Phi) is 4.29. The Morgan fingerprint density at radius 2 is 2.45 bits per heavy atom. The molecule has 4 atom stereocenters. The average molecular weight is 325 g/mol. The number of carbonyl (C=O) groups excluding carboxylic acids is 2. The van der Waals surface area contributed by atoms with Crippen molar-refractivity contribution in [1.82, 2.24) is 4.90 Å². The van der Waals surface area contributed by atoms with Gasteiger partial charge in [0.05, 0.1) is 18.1 Å². The van der Waals surface area contributed by atoms with Gasteiger partial charge in [-0.1, -0.05) is 24.4 Å². The van der Waals surface area contributed by atoms with Gasteiger partial charge in [-0.25, -0.2) is 4.79 Å². The van der Waals surface area contributed by atoms with Gasteiger partial charge in [0.25, 0.3) is 0 Å². The lowest BCUT2D eigenvalue weighted by molar-refractivity contribution is -0.158. The predicted molar refractivity (Wildman–Crippen MR) is 80.6 cm³/mol. The number of hydrogen-bond donors (Lipinski definition) is 1. The molecule has 7 heteroatoms. The Hall–Kier alpha value is -1.31. The first kappa shape index (κ1) is 15.6. The standard InChI is InChI=1S/C15H19NO5S/c1-3-6-21-15(19)11-12(9-5-4-7-20-9)22-14-10(8(2)17)13(18)16(11)14/h3,8-10,14,17H,1,4-7H2,2H3/t8-,9+,10+,14+/m1/s1. The number of carbonyl (C=O) groups is 2. The summed E-state index contributed by atoms with van der Waals surface area (Å²) in [5, 5.41) is 9.53. The van der Waals surface area contributed by atoms with Gasteiger partial charge in [-0.05, 0) is 19.8 Å². The van der Waals surface area contributed by atoms with Crippen molar-refractivity contribution in [2.45, 2.75) is 37.3 Å². The van der Waals surface area contributed by atoms with E-state index in [2.05, 4.69) is 6.58 Å². The Morgan fingerprint density at radius 1 is 1.68 bits per heavy atom. The van der Waals surface area contributed by atoms with Crippen molar-refractivity contribution in [3.63, 3.8) is 0 Å². The molecule has 0 aromatic carbocycles. The Morgan fingerprint density at radius 3 is 3.05 bits per heavy atom. The molecule has 0 radical (unpaired) electrons. The van der Waals surface area contributed by atoms with Crippen molar-refractivity contribution in [2.75, 3.05) is 13.2 Å². The smallest absolute Gasteiger partial charge is 0.356 e. The first-order valence-electron chi connectivity index (χ1n) is 7.37. The number of esters is 1. The van der Waals surface area contributed by atoms with Crippen LogP contribution >= 0.6 is 11.8 Å². The molecule has 3 heterocycles. The third-order valence-corrected chi connectivity index (χ3v) is 5.53. The van der Waals surface area contributed by atoms with Crippen molar-refractivity contribution in [3.05, 3.63) is 23.3 Å². The highest BCUT2D eigenvalue weighted by atomic mass is 32.2. The van der Waals surface area contributed by atoms with Gasteiger partial charge in [0.1, 0.15) is 17.7 Å². The number of β-lactam (4-membered cyclic amide) rings is 1. The summed E-state index contributed by atoms with van der Waals surface area (Å²) in [4.78, 5) is 26.8. The van der Waals surface area contributed by atoms with E-state index in [1.165, 1.54) is 22.7 Å². The second-order valence-electron chi connectivity index (χ2n) is 5.58. The van der Waals surface area contributed by atoms with Crippen LogP contribution in [0.4, 0.5) is 0 Å². The maximum atomic E-state index is 12.3. The minimum atomic E-state index is -0.740. The molecule has 3 rings (SSSR count). The summed E-state index contributed by atoms with van der Waals surface area (Å²) in [6.45, 7) is 5.87. The summed E-state index contributed by atoms with van der Waals surface area (Å²) in [5.41, 5.74) is 0.283. The number of aliphatic hydroxyl groups excluding tert-OH is 1. The quantitative estimate of drug-likeness (QED) is 0.462. The zero-order chi connectivity index (χ0) is 15.9. The fourth-order valence-electron chi connectivity index (χ4n) is 3.01. The summed E-state index contributed by atoms with van der Waals surface area (Å²) >= 11 is 1.44. The van der Waals surface area contributed by atoms with E-state index in [1.54, 1.807) is 6.92 Å². The molecule has 0 unspecified atom stereocenters. The first-order valence-corrected chi connectivity index (χ1v) is 8.25. The number of fused-ring (bicyclic) bond motifs is 1. The van der Waals surface area contributed by atoms with Gasteiger partial charge < -0.3 is 14.6 Å². The van der Waals surface area contributed by atoms with Crippen LogP contribution < -0.4 is 0 Å². The molecule has 3 aliphatic heterocycles. The Bertz CT molecular complexity index is 538. The predicted octanol–water partition coefficient (Wildman–Crippen LogP) is 1.02. The van der Waals surface area contributed by atoms with Gasteiger partial charge in [0.2, 0.25) is 5.91 Å². The van der Waals surface area contributed by atoms with E-state index >= 15 is 0 Å². The summed E-state index contributed by atoms with van der Waals surface area (Å²) in [6.07, 6.45) is 2.34. The molecule has 2 fully saturated rings. The molecular weight excluding hydrogens is 306 g/mol. The van der Waals surface area contributed by atoms with Gasteiger partial charge in [0.15, 0.2) is 0 Å². The van der Waals surface area contributed by atoms with Gasteiger partial charge >= 0.3 is 5.97 Å². The summed E-state index contributed by atoms with van der Waals surface area (Å²) < 4.78 is 10.8. The third kappa shape index (κ3) is 2.37. The van der Waals surface area contributed by atoms with E-state index in [1.807, 2.05) is 0 Å². The highest BCUT2D eigenvalue weighted by Crippen LogP contribution is 2.52. The summed E-state index contributed by atoms with van der Waals surface area (Å²) in [7, 11) is 0. The van der Waals surface area contributed by atoms with Gasteiger partial charge in [-0.3, -0.25) is 9.69 Å². The monoisotopic (exact) mass is 325 g/mol. The number of nitrogens with zero attached hydrogens (tertiary/aromatic N) is 1. The fraction of sp³-hybridized carbons (Fsp3) is 0.600. The molecule has 0 saturated carbocycles. The first-order chi connectivity index (χ1) is 10.6. The number of thioether (sulfide) groups is 1. The van der Waals surface area contributed by atoms with Crippen molar-refractivity contribution < 1.29 is 24.2 Å². The molecule has 6 nitrogen and oxygen atoms in total. The lowest BCUT2D eigenvalue weighted by Gasteiger charge is -2.43. The molecule has 2 saturated heterocycles. The minimum Gasteiger partial charge on any atom is -0.457 e. The van der Waals surface area contributed by atoms with Crippen LogP contribution in [0.2, 0.25) is 0 Å². The third-order valence-electron chi connectivity index (χ3n) is 4.07. The fourth-order valence-corrected chi connectivity index (χ4v) is 4.71. The van der Waals surface area contributed by atoms with Crippen LogP contribution in [0, 0.1) is 5.92 Å². The Labute approximate surface area is 133 Å². The molecule has 22 heavy (non-hydrogen) atoms. The van der Waals surface area contributed by atoms with Crippen molar-refractivity contribution >= 4 is 23.6 Å². The molecule has 0 spiro atoms. The normalized spacial score (nSPS) is 31.8. The van der Waals surface area contributed by atoms with Gasteiger partial charge in [-0.15, -0.1) is 0 Å². The molecule has 0 aromatic rings. The van der Waals surface area contributed by atoms with Crippen molar-refractivity contribution in [2.24, 2.45) is 5.92 Å². The molecule has 0 bridgehead atoms. The van der Waals surface area contributed by atoms with Crippen LogP contribution in [0.15, 0.2) is 23.3 Å². The molecule has 0 aliphatic carbocycles. The zero-order valence-corrected chi connectivity index (χ0v) is 13.2. The van der Waals surface area contributed by atoms with E-state index in [9.17, 15) is 14.7 Å². The SMILES string of the molecule is C=CCOC(=O)C1=C([C@@H]2CCCO2)S[C@H]2[C@@H]([C@@H](C)O)C(=O)N12. The summed E-state index contributed by atoms with van der Waals surface area (Å²) in [5.74, 6) is -1.24. The van der Waals surface area contributed by atoms with E-state index in [4.69, 9.17) is 9.47 Å². The van der Waals surface area contributed by atoms with Crippen LogP contribution in [-0.2, 0) is 19.1 Å². The molecular formula is C15H19NO5S. The number of ether oxygens (including phenoxy) is 2. The van der Waals surface area contributed by atoms with Gasteiger partial charge in [-0.2, -0.15) is 0 Å². The maximum Gasteiger partial charge on any atom is 0.356 e. The number of amides is 1. The van der Waals surface area contributed by atoms with Crippen LogP contribution in [0.3, 0.4) is 0 Å². The van der Waals surface area contributed by atoms with Crippen molar-refractivity contribution in [3.8, 4) is 0 Å². The average Bonchev–Trinajstić information content (AvgIpc) is 3.09. The van der Waals surface area contributed by atoms with E-state index in [0.29, 0.717) is 6.61 Å². The second kappa shape index (κ2) is 6.06. The number of hydrogen-bond acceptors (Lipinski definition) is 6. The Balaban J connectivity index is 1.88. The number of rotatable bonds is 5. The van der Waals surface area contributed by atoms with E-state index in [-0.39, 0.29) is 29.7 Å². The molecule has 3 aliphatic rings. The molecule has 1 N–H and O–H groups in total. The van der Waals surface area contributed by atoms with E-state index in [0.717, 1.165) is 17.7 Å². The summed E-state index contributed by atoms with van der Waals surface area (Å²) in [6, 6.07) is 0. The van der Waals surface area contributed by atoms with Crippen LogP contribution in [0.1, 0.15) is 19.8 Å². The highest BCUT2D eigenvalue weighted by Gasteiger charge is 2.58. The maximum absolute atomic E-state index is 12.3. The number of aliphatic hydroxyl groups is 1. The highest BCUT2D eigenvalue weighted by molar-refractivity contribution is 8.04. The largest absolute Gasteiger partial charge is 0.457 e. The second-order valence-corrected chi connectivity index (χ2v) is 6.74. The van der Waals surface area contributed by atoms with Crippen LogP contribution in [-0.4, -0.2) is 52.7 Å². The molecule has 0 aromatic heterocycles. The van der Waals surface area contributed by atoms with Crippen LogP contribution in [0.25, 0.3) is 0 Å². The van der Waals surface area contributed by atoms with E-state index < -0.39 is 18.0 Å². The lowest BCUT2D eigenvalue weighted by atomic mass is 9.92.